The maximum absolute atomic E-state index is 12.5. The number of methoxy groups -OCH3 is 1. The quantitative estimate of drug-likeness (QED) is 0.773. The van der Waals surface area contributed by atoms with Crippen LogP contribution in [0.25, 0.3) is 0 Å². The van der Waals surface area contributed by atoms with Crippen molar-refractivity contribution in [2.45, 2.75) is 38.0 Å². The van der Waals surface area contributed by atoms with Gasteiger partial charge in [0.2, 0.25) is 11.8 Å². The fraction of sp³-hybridized carbons (Fsp3) is 0.600. The van der Waals surface area contributed by atoms with E-state index in [1.807, 2.05) is 0 Å². The average molecular weight is 399 g/mol. The minimum absolute atomic E-state index is 0.0967. The highest BCUT2D eigenvalue weighted by atomic mass is 16.5. The molecule has 0 aliphatic carbocycles. The Morgan fingerprint density at radius 3 is 3.07 bits per heavy atom. The van der Waals surface area contributed by atoms with E-state index in [2.05, 4.69) is 25.3 Å². The minimum Gasteiger partial charge on any atom is -0.481 e. The van der Waals surface area contributed by atoms with Gasteiger partial charge < -0.3 is 19.3 Å². The van der Waals surface area contributed by atoms with E-state index >= 15 is 0 Å². The normalized spacial score (nSPS) is 30.5. The third-order valence-electron chi connectivity index (χ3n) is 6.50. The number of likely N-dealkylation sites (tertiary alicyclic amines) is 1. The molecule has 1 amide bonds. The molecule has 1 N–H and O–H groups in total. The van der Waals surface area contributed by atoms with E-state index in [4.69, 9.17) is 14.0 Å². The first-order valence-corrected chi connectivity index (χ1v) is 10.0. The van der Waals surface area contributed by atoms with Gasteiger partial charge in [0.15, 0.2) is 5.82 Å². The highest BCUT2D eigenvalue weighted by Gasteiger charge is 2.62. The van der Waals surface area contributed by atoms with Crippen molar-refractivity contribution >= 4 is 5.91 Å². The van der Waals surface area contributed by atoms with Crippen LogP contribution in [0.1, 0.15) is 34.9 Å². The van der Waals surface area contributed by atoms with Crippen LogP contribution in [0.3, 0.4) is 0 Å². The number of rotatable bonds is 6. The molecule has 0 radical (unpaired) electrons. The molecule has 2 aromatic rings. The van der Waals surface area contributed by atoms with Crippen molar-refractivity contribution < 1.29 is 18.8 Å². The zero-order valence-electron chi connectivity index (χ0n) is 16.6. The maximum atomic E-state index is 12.5. The number of ether oxygens (including phenoxy) is 2. The zero-order chi connectivity index (χ0) is 20.0. The molecular weight excluding hydrogens is 374 g/mol. The summed E-state index contributed by atoms with van der Waals surface area (Å²) in [7, 11) is 1.55. The van der Waals surface area contributed by atoms with Gasteiger partial charge in [0, 0.05) is 50.7 Å². The molecule has 3 fully saturated rings. The molecule has 0 unspecified atom stereocenters. The number of amides is 1. The molecule has 1 spiro atoms. The Labute approximate surface area is 168 Å². The van der Waals surface area contributed by atoms with Crippen molar-refractivity contribution in [2.75, 3.05) is 26.7 Å². The van der Waals surface area contributed by atoms with Crippen LogP contribution in [-0.4, -0.2) is 64.4 Å². The SMILES string of the molecule is COc1ccc(C(=O)NC[C@H]2[C@H]3CN(Cc4noc(C)n4)C[C@]34CC[C@H]2O4)cn1. The van der Waals surface area contributed by atoms with Crippen molar-refractivity contribution in [1.82, 2.24) is 25.3 Å². The van der Waals surface area contributed by atoms with E-state index in [0.717, 1.165) is 25.9 Å². The Morgan fingerprint density at radius 2 is 2.34 bits per heavy atom. The standard InChI is InChI=1S/C20H25N5O4/c1-12-23-17(24-29-12)10-25-9-15-14(16-5-6-20(15,11-25)28-16)8-22-19(26)13-3-4-18(27-2)21-7-13/h3-4,7,14-16H,5-6,8-11H2,1-2H3,(H,22,26)/t14-,15+,16+,20+/m0/s1. The van der Waals surface area contributed by atoms with E-state index in [1.54, 1.807) is 26.2 Å². The predicted octanol–water partition coefficient (Wildman–Crippen LogP) is 1.19. The number of hydrogen-bond donors (Lipinski definition) is 1. The fourth-order valence-electron chi connectivity index (χ4n) is 5.23. The Balaban J connectivity index is 1.22. The Morgan fingerprint density at radius 1 is 1.45 bits per heavy atom. The molecule has 9 nitrogen and oxygen atoms in total. The number of aromatic nitrogens is 3. The molecule has 5 heterocycles. The van der Waals surface area contributed by atoms with Gasteiger partial charge in [-0.2, -0.15) is 4.98 Å². The summed E-state index contributed by atoms with van der Waals surface area (Å²) in [5.74, 6) is 2.40. The lowest BCUT2D eigenvalue weighted by Crippen LogP contribution is -2.41. The summed E-state index contributed by atoms with van der Waals surface area (Å²) < 4.78 is 16.6. The fourth-order valence-corrected chi connectivity index (χ4v) is 5.23. The molecule has 3 aliphatic rings. The van der Waals surface area contributed by atoms with E-state index in [9.17, 15) is 4.79 Å². The third kappa shape index (κ3) is 3.28. The minimum atomic E-state index is -0.117. The summed E-state index contributed by atoms with van der Waals surface area (Å²) in [6.45, 7) is 4.89. The third-order valence-corrected chi connectivity index (χ3v) is 6.50. The van der Waals surface area contributed by atoms with E-state index < -0.39 is 0 Å². The van der Waals surface area contributed by atoms with Crippen LogP contribution in [0.4, 0.5) is 0 Å². The van der Waals surface area contributed by atoms with Crippen LogP contribution in [-0.2, 0) is 11.3 Å². The highest BCUT2D eigenvalue weighted by Crippen LogP contribution is 2.54. The lowest BCUT2D eigenvalue weighted by molar-refractivity contribution is 0.00189. The molecule has 3 saturated heterocycles. The van der Waals surface area contributed by atoms with Gasteiger partial charge in [0.05, 0.1) is 30.9 Å². The smallest absolute Gasteiger partial charge is 0.252 e. The number of carbonyl (C=O) groups is 1. The second-order valence-corrected chi connectivity index (χ2v) is 8.23. The Kier molecular flexibility index (Phi) is 4.51. The van der Waals surface area contributed by atoms with Crippen LogP contribution in [0.5, 0.6) is 5.88 Å². The number of nitrogens with one attached hydrogen (secondary N) is 1. The van der Waals surface area contributed by atoms with Gasteiger partial charge in [-0.05, 0) is 18.9 Å². The molecule has 0 aromatic carbocycles. The summed E-state index contributed by atoms with van der Waals surface area (Å²) in [5.41, 5.74) is 0.436. The van der Waals surface area contributed by atoms with Crippen LogP contribution in [0.2, 0.25) is 0 Å². The van der Waals surface area contributed by atoms with Crippen molar-refractivity contribution in [1.29, 1.82) is 0 Å². The van der Waals surface area contributed by atoms with Gasteiger partial charge in [-0.1, -0.05) is 5.16 Å². The van der Waals surface area contributed by atoms with E-state index in [0.29, 0.717) is 48.1 Å². The monoisotopic (exact) mass is 399 g/mol. The Bertz CT molecular complexity index is 901. The van der Waals surface area contributed by atoms with Gasteiger partial charge in [-0.15, -0.1) is 0 Å². The molecule has 0 saturated carbocycles. The van der Waals surface area contributed by atoms with Crippen molar-refractivity contribution in [3.63, 3.8) is 0 Å². The highest BCUT2D eigenvalue weighted by molar-refractivity contribution is 5.93. The van der Waals surface area contributed by atoms with Gasteiger partial charge in [-0.25, -0.2) is 4.98 Å². The molecule has 2 aromatic heterocycles. The van der Waals surface area contributed by atoms with Gasteiger partial charge in [0.1, 0.15) is 0 Å². The van der Waals surface area contributed by atoms with Crippen molar-refractivity contribution in [3.8, 4) is 5.88 Å². The summed E-state index contributed by atoms with van der Waals surface area (Å²) in [4.78, 5) is 23.3. The number of carbonyl (C=O) groups excluding carboxylic acids is 1. The van der Waals surface area contributed by atoms with Crippen LogP contribution < -0.4 is 10.1 Å². The van der Waals surface area contributed by atoms with E-state index in [1.165, 1.54) is 6.20 Å². The van der Waals surface area contributed by atoms with Gasteiger partial charge >= 0.3 is 0 Å². The zero-order valence-corrected chi connectivity index (χ0v) is 16.6. The topological polar surface area (TPSA) is 103 Å². The largest absolute Gasteiger partial charge is 0.481 e. The molecule has 9 heteroatoms. The number of nitrogens with zero attached hydrogens (tertiary/aromatic N) is 4. The van der Waals surface area contributed by atoms with Gasteiger partial charge in [-0.3, -0.25) is 9.69 Å². The molecule has 154 valence electrons. The summed E-state index contributed by atoms with van der Waals surface area (Å²) in [5, 5.41) is 7.10. The van der Waals surface area contributed by atoms with Crippen LogP contribution in [0, 0.1) is 18.8 Å². The molecule has 3 aliphatic heterocycles. The van der Waals surface area contributed by atoms with Gasteiger partial charge in [0.25, 0.3) is 5.91 Å². The number of fused-ring (bicyclic) bond motifs is 1. The second kappa shape index (κ2) is 7.07. The molecule has 29 heavy (non-hydrogen) atoms. The van der Waals surface area contributed by atoms with Crippen LogP contribution in [0.15, 0.2) is 22.9 Å². The van der Waals surface area contributed by atoms with Crippen molar-refractivity contribution in [2.24, 2.45) is 11.8 Å². The maximum Gasteiger partial charge on any atom is 0.252 e. The Hall–Kier alpha value is -2.52. The number of pyridine rings is 1. The number of aryl methyl sites for hydroxylation is 1. The second-order valence-electron chi connectivity index (χ2n) is 8.23. The lowest BCUT2D eigenvalue weighted by Gasteiger charge is -2.29. The first-order valence-electron chi connectivity index (χ1n) is 10.0. The summed E-state index contributed by atoms with van der Waals surface area (Å²) in [6, 6.07) is 3.42. The van der Waals surface area contributed by atoms with Crippen LogP contribution >= 0.6 is 0 Å². The van der Waals surface area contributed by atoms with E-state index in [-0.39, 0.29) is 17.6 Å². The molecular formula is C20H25N5O4. The first-order chi connectivity index (χ1) is 14.1. The molecule has 5 rings (SSSR count). The predicted molar refractivity (Wildman–Crippen MR) is 101 cm³/mol. The average Bonchev–Trinajstić information content (AvgIpc) is 3.47. The summed E-state index contributed by atoms with van der Waals surface area (Å²) >= 11 is 0. The molecule has 2 bridgehead atoms. The first kappa shape index (κ1) is 18.5. The van der Waals surface area contributed by atoms with Crippen molar-refractivity contribution in [3.05, 3.63) is 35.6 Å². The summed E-state index contributed by atoms with van der Waals surface area (Å²) in [6.07, 6.45) is 3.90. The lowest BCUT2D eigenvalue weighted by atomic mass is 9.73. The number of hydrogen-bond acceptors (Lipinski definition) is 8. The molecule has 4 atom stereocenters.